The van der Waals surface area contributed by atoms with Gasteiger partial charge in [0.15, 0.2) is 6.10 Å². The number of carbonyl (C=O) groups excluding carboxylic acids is 2. The van der Waals surface area contributed by atoms with Gasteiger partial charge in [-0.05, 0) is 36.1 Å². The third-order valence-electron chi connectivity index (χ3n) is 2.69. The first-order valence-electron chi connectivity index (χ1n) is 6.64. The van der Waals surface area contributed by atoms with E-state index in [-0.39, 0.29) is 11.7 Å². The van der Waals surface area contributed by atoms with Gasteiger partial charge in [0.1, 0.15) is 5.82 Å². The van der Waals surface area contributed by atoms with Crippen molar-refractivity contribution >= 4 is 18.0 Å². The molecule has 0 bridgehead atoms. The summed E-state index contributed by atoms with van der Waals surface area (Å²) in [5.41, 5.74) is 0.659. The van der Waals surface area contributed by atoms with Crippen molar-refractivity contribution in [2.24, 2.45) is 5.92 Å². The first-order valence-corrected chi connectivity index (χ1v) is 6.64. The third kappa shape index (κ3) is 6.21. The molecule has 114 valence electrons. The number of hydrogen-bond donors (Lipinski definition) is 0. The maximum Gasteiger partial charge on any atom is 0.347 e. The van der Waals surface area contributed by atoms with E-state index in [1.807, 2.05) is 13.8 Å². The van der Waals surface area contributed by atoms with Crippen LogP contribution in [0.4, 0.5) is 4.39 Å². The van der Waals surface area contributed by atoms with Crippen LogP contribution in [0.5, 0.6) is 0 Å². The van der Waals surface area contributed by atoms with Crippen LogP contribution >= 0.6 is 0 Å². The molecule has 0 N–H and O–H groups in total. The van der Waals surface area contributed by atoms with E-state index in [2.05, 4.69) is 4.74 Å². The molecular weight excluding hydrogens is 275 g/mol. The first-order chi connectivity index (χ1) is 9.92. The zero-order valence-electron chi connectivity index (χ0n) is 12.3. The molecule has 4 nitrogen and oxygen atoms in total. The highest BCUT2D eigenvalue weighted by molar-refractivity contribution is 5.89. The fourth-order valence-corrected chi connectivity index (χ4v) is 1.67. The van der Waals surface area contributed by atoms with E-state index in [9.17, 15) is 14.0 Å². The molecule has 0 fully saturated rings. The Bertz CT molecular complexity index is 506. The Morgan fingerprint density at radius 1 is 1.24 bits per heavy atom. The van der Waals surface area contributed by atoms with Crippen molar-refractivity contribution < 1.29 is 23.5 Å². The molecule has 0 aliphatic carbocycles. The zero-order valence-corrected chi connectivity index (χ0v) is 12.3. The second-order valence-corrected chi connectivity index (χ2v) is 4.96. The normalized spacial score (nSPS) is 12.4. The van der Waals surface area contributed by atoms with Crippen LogP contribution < -0.4 is 0 Å². The number of halogens is 1. The fourth-order valence-electron chi connectivity index (χ4n) is 1.67. The maximum absolute atomic E-state index is 12.7. The SMILES string of the molecule is COC(=O)C(CC(C)C)OC(=O)C=Cc1ccc(F)cc1. The smallest absolute Gasteiger partial charge is 0.347 e. The number of esters is 2. The number of hydrogen-bond acceptors (Lipinski definition) is 4. The van der Waals surface area contributed by atoms with E-state index in [1.165, 1.54) is 43.5 Å². The Hall–Kier alpha value is -2.17. The predicted molar refractivity (Wildman–Crippen MR) is 76.8 cm³/mol. The minimum Gasteiger partial charge on any atom is -0.466 e. The molecule has 0 heterocycles. The van der Waals surface area contributed by atoms with E-state index in [0.29, 0.717) is 12.0 Å². The molecule has 1 aromatic rings. The van der Waals surface area contributed by atoms with Gasteiger partial charge >= 0.3 is 11.9 Å². The fraction of sp³-hybridized carbons (Fsp3) is 0.375. The van der Waals surface area contributed by atoms with Crippen molar-refractivity contribution in [3.05, 3.63) is 41.7 Å². The molecule has 0 saturated carbocycles. The van der Waals surface area contributed by atoms with Gasteiger partial charge in [0.25, 0.3) is 0 Å². The van der Waals surface area contributed by atoms with Crippen molar-refractivity contribution in [3.63, 3.8) is 0 Å². The van der Waals surface area contributed by atoms with E-state index in [4.69, 9.17) is 4.74 Å². The van der Waals surface area contributed by atoms with Crippen LogP contribution in [-0.2, 0) is 19.1 Å². The average Bonchev–Trinajstić information content (AvgIpc) is 2.44. The van der Waals surface area contributed by atoms with E-state index >= 15 is 0 Å². The standard InChI is InChI=1S/C16H19FO4/c1-11(2)10-14(16(19)20-3)21-15(18)9-6-12-4-7-13(17)8-5-12/h4-9,11,14H,10H2,1-3H3. The van der Waals surface area contributed by atoms with Crippen LogP contribution in [0.15, 0.2) is 30.3 Å². The highest BCUT2D eigenvalue weighted by atomic mass is 19.1. The molecule has 0 spiro atoms. The quantitative estimate of drug-likeness (QED) is 0.598. The minimum absolute atomic E-state index is 0.183. The number of methoxy groups -OCH3 is 1. The van der Waals surface area contributed by atoms with Gasteiger partial charge in [-0.3, -0.25) is 0 Å². The second kappa shape index (κ2) is 8.19. The molecule has 0 aliphatic heterocycles. The van der Waals surface area contributed by atoms with Gasteiger partial charge in [-0.1, -0.05) is 26.0 Å². The van der Waals surface area contributed by atoms with Crippen LogP contribution in [-0.4, -0.2) is 25.2 Å². The summed E-state index contributed by atoms with van der Waals surface area (Å²) in [5.74, 6) is -1.39. The van der Waals surface area contributed by atoms with Crippen LogP contribution in [0.25, 0.3) is 6.08 Å². The van der Waals surface area contributed by atoms with Gasteiger partial charge in [0.05, 0.1) is 7.11 Å². The lowest BCUT2D eigenvalue weighted by Gasteiger charge is -2.16. The van der Waals surface area contributed by atoms with Crippen LogP contribution in [0.1, 0.15) is 25.8 Å². The van der Waals surface area contributed by atoms with E-state index < -0.39 is 18.0 Å². The molecule has 0 aliphatic rings. The van der Waals surface area contributed by atoms with Gasteiger partial charge in [-0.25, -0.2) is 14.0 Å². The molecule has 1 atom stereocenters. The molecule has 1 aromatic carbocycles. The lowest BCUT2D eigenvalue weighted by molar-refractivity contribution is -0.164. The summed E-state index contributed by atoms with van der Waals surface area (Å²) in [5, 5.41) is 0. The highest BCUT2D eigenvalue weighted by Crippen LogP contribution is 2.11. The summed E-state index contributed by atoms with van der Waals surface area (Å²) in [6, 6.07) is 5.65. The summed E-state index contributed by atoms with van der Waals surface area (Å²) >= 11 is 0. The second-order valence-electron chi connectivity index (χ2n) is 4.96. The Morgan fingerprint density at radius 3 is 2.38 bits per heavy atom. The lowest BCUT2D eigenvalue weighted by atomic mass is 10.1. The molecule has 5 heteroatoms. The van der Waals surface area contributed by atoms with E-state index in [0.717, 1.165) is 0 Å². The van der Waals surface area contributed by atoms with Crippen molar-refractivity contribution in [3.8, 4) is 0 Å². The van der Waals surface area contributed by atoms with Crippen LogP contribution in [0.2, 0.25) is 0 Å². The largest absolute Gasteiger partial charge is 0.466 e. The molecule has 0 aromatic heterocycles. The van der Waals surface area contributed by atoms with Gasteiger partial charge in [0.2, 0.25) is 0 Å². The zero-order chi connectivity index (χ0) is 15.8. The van der Waals surface area contributed by atoms with Gasteiger partial charge in [-0.2, -0.15) is 0 Å². The third-order valence-corrected chi connectivity index (χ3v) is 2.69. The van der Waals surface area contributed by atoms with Gasteiger partial charge in [-0.15, -0.1) is 0 Å². The Kier molecular flexibility index (Phi) is 6.59. The first kappa shape index (κ1) is 16.9. The molecular formula is C16H19FO4. The van der Waals surface area contributed by atoms with Crippen LogP contribution in [0.3, 0.4) is 0 Å². The van der Waals surface area contributed by atoms with Crippen LogP contribution in [0, 0.1) is 11.7 Å². The topological polar surface area (TPSA) is 52.6 Å². The maximum atomic E-state index is 12.7. The summed E-state index contributed by atoms with van der Waals surface area (Å²) in [4.78, 5) is 23.2. The Balaban J connectivity index is 2.64. The summed E-state index contributed by atoms with van der Waals surface area (Å²) in [6.45, 7) is 3.83. The summed E-state index contributed by atoms with van der Waals surface area (Å²) in [7, 11) is 1.25. The van der Waals surface area contributed by atoms with Crippen molar-refractivity contribution in [2.75, 3.05) is 7.11 Å². The molecule has 0 radical (unpaired) electrons. The Morgan fingerprint density at radius 2 is 1.86 bits per heavy atom. The Labute approximate surface area is 123 Å². The average molecular weight is 294 g/mol. The summed E-state index contributed by atoms with van der Waals surface area (Å²) < 4.78 is 22.4. The molecule has 21 heavy (non-hydrogen) atoms. The van der Waals surface area contributed by atoms with Crippen molar-refractivity contribution in [1.29, 1.82) is 0 Å². The highest BCUT2D eigenvalue weighted by Gasteiger charge is 2.23. The molecule has 1 unspecified atom stereocenters. The van der Waals surface area contributed by atoms with Gasteiger partial charge in [0, 0.05) is 6.08 Å². The van der Waals surface area contributed by atoms with Gasteiger partial charge < -0.3 is 9.47 Å². The van der Waals surface area contributed by atoms with Crippen molar-refractivity contribution in [1.82, 2.24) is 0 Å². The van der Waals surface area contributed by atoms with E-state index in [1.54, 1.807) is 0 Å². The number of benzene rings is 1. The minimum atomic E-state index is -0.916. The molecule has 1 rings (SSSR count). The number of ether oxygens (including phenoxy) is 2. The predicted octanol–water partition coefficient (Wildman–Crippen LogP) is 2.97. The summed E-state index contributed by atoms with van der Waals surface area (Å²) in [6.07, 6.45) is 2.16. The van der Waals surface area contributed by atoms with Crippen molar-refractivity contribution in [2.45, 2.75) is 26.4 Å². The number of carbonyl (C=O) groups is 2. The molecule has 0 saturated heterocycles. The molecule has 0 amide bonds. The number of rotatable bonds is 6. The lowest BCUT2D eigenvalue weighted by Crippen LogP contribution is -2.29. The monoisotopic (exact) mass is 294 g/mol.